The first-order valence-electron chi connectivity index (χ1n) is 21.6. The molecule has 0 bridgehead atoms. The summed E-state index contributed by atoms with van der Waals surface area (Å²) in [5.41, 5.74) is 14.4. The number of nitrogens with zero attached hydrogens (tertiary/aromatic N) is 4. The predicted octanol–water partition coefficient (Wildman–Crippen LogP) is 15.5. The Labute approximate surface area is 370 Å². The monoisotopic (exact) mass is 814 g/mol. The van der Waals surface area contributed by atoms with Crippen molar-refractivity contribution >= 4 is 43.4 Å². The molecule has 298 valence electrons. The molecule has 0 saturated carbocycles. The molecule has 0 aliphatic rings. The Bertz CT molecular complexity index is 3480. The topological polar surface area (TPSA) is 51.6 Å². The second-order valence-electron chi connectivity index (χ2n) is 16.3. The smallest absolute Gasteiger partial charge is 0.160 e. The normalized spacial score (nSPS) is 11.4. The average molecular weight is 815 g/mol. The van der Waals surface area contributed by atoms with E-state index >= 15 is 0 Å². The molecule has 0 fully saturated rings. The lowest BCUT2D eigenvalue weighted by atomic mass is 9.98. The fourth-order valence-corrected chi connectivity index (χ4v) is 8.91. The first-order valence-corrected chi connectivity index (χ1v) is 21.6. The van der Waals surface area contributed by atoms with E-state index < -0.39 is 0 Å². The highest BCUT2D eigenvalue weighted by Crippen LogP contribution is 2.36. The summed E-state index contributed by atoms with van der Waals surface area (Å²) in [5.74, 6) is 1.36. The van der Waals surface area contributed by atoms with E-state index in [0.29, 0.717) is 11.6 Å². The molecule has 2 aromatic heterocycles. The molecule has 4 nitrogen and oxygen atoms in total. The van der Waals surface area contributed by atoms with E-state index in [-0.39, 0.29) is 0 Å². The maximum absolute atomic E-state index is 5.26. The summed E-state index contributed by atoms with van der Waals surface area (Å²) in [4.78, 5) is 20.7. The van der Waals surface area contributed by atoms with E-state index in [1.807, 2.05) is 12.1 Å². The van der Waals surface area contributed by atoms with Crippen molar-refractivity contribution in [2.24, 2.45) is 0 Å². The van der Waals surface area contributed by atoms with Crippen molar-refractivity contribution < 1.29 is 0 Å². The van der Waals surface area contributed by atoms with Crippen molar-refractivity contribution in [3.05, 3.63) is 231 Å². The highest BCUT2D eigenvalue weighted by atomic mass is 14.9. The van der Waals surface area contributed by atoms with Crippen LogP contribution in [-0.4, -0.2) is 19.9 Å². The minimum atomic E-state index is 0.680. The van der Waals surface area contributed by atoms with Gasteiger partial charge in [0.1, 0.15) is 0 Å². The first kappa shape index (κ1) is 37.2. The van der Waals surface area contributed by atoms with Gasteiger partial charge in [-0.05, 0) is 91.3 Å². The van der Waals surface area contributed by atoms with Crippen LogP contribution in [0.3, 0.4) is 0 Å². The lowest BCUT2D eigenvalue weighted by Crippen LogP contribution is -1.96. The third-order valence-corrected chi connectivity index (χ3v) is 12.3. The average Bonchev–Trinajstić information content (AvgIpc) is 3.38. The molecular formula is C60H38N4. The molecule has 10 aromatic carbocycles. The summed E-state index contributed by atoms with van der Waals surface area (Å²) in [6, 6.07) is 81.2. The Morgan fingerprint density at radius 2 is 0.547 bits per heavy atom. The number of rotatable bonds is 7. The van der Waals surface area contributed by atoms with Gasteiger partial charge in [0.25, 0.3) is 0 Å². The zero-order chi connectivity index (χ0) is 42.4. The third kappa shape index (κ3) is 6.94. The minimum absolute atomic E-state index is 0.680. The maximum Gasteiger partial charge on any atom is 0.160 e. The first-order chi connectivity index (χ1) is 31.7. The van der Waals surface area contributed by atoms with Gasteiger partial charge in [0.15, 0.2) is 11.6 Å². The van der Waals surface area contributed by atoms with E-state index in [1.165, 1.54) is 43.8 Å². The van der Waals surface area contributed by atoms with Gasteiger partial charge < -0.3 is 0 Å². The van der Waals surface area contributed by atoms with Gasteiger partial charge in [-0.15, -0.1) is 0 Å². The van der Waals surface area contributed by atoms with Crippen LogP contribution in [0.2, 0.25) is 0 Å². The van der Waals surface area contributed by atoms with Crippen LogP contribution in [0.15, 0.2) is 231 Å². The van der Waals surface area contributed by atoms with Crippen molar-refractivity contribution in [2.75, 3.05) is 0 Å². The minimum Gasteiger partial charge on any atom is -0.228 e. The molecule has 0 N–H and O–H groups in total. The van der Waals surface area contributed by atoms with Crippen molar-refractivity contribution in [1.29, 1.82) is 0 Å². The van der Waals surface area contributed by atoms with Crippen LogP contribution in [-0.2, 0) is 0 Å². The van der Waals surface area contributed by atoms with Gasteiger partial charge in [-0.1, -0.05) is 194 Å². The highest BCUT2D eigenvalue weighted by Gasteiger charge is 2.15. The SMILES string of the molecule is c1cc(-c2cccc(-c3nc(-c4ccc(-c5ccc6ccccc6c5)cc4)c4ccccc4n3)c2)cc(-c2nc(-c3ccc(-c4ccc5ccccc5c4)cc3)c3ccccc3n2)c1. The molecule has 0 radical (unpaired) electrons. The van der Waals surface area contributed by atoms with Crippen molar-refractivity contribution in [2.45, 2.75) is 0 Å². The summed E-state index contributed by atoms with van der Waals surface area (Å²) < 4.78 is 0. The van der Waals surface area contributed by atoms with E-state index in [4.69, 9.17) is 19.9 Å². The number of para-hydroxylation sites is 2. The van der Waals surface area contributed by atoms with Crippen molar-refractivity contribution in [3.63, 3.8) is 0 Å². The van der Waals surface area contributed by atoms with Crippen LogP contribution >= 0.6 is 0 Å². The van der Waals surface area contributed by atoms with Gasteiger partial charge in [0.05, 0.1) is 22.4 Å². The summed E-state index contributed by atoms with van der Waals surface area (Å²) >= 11 is 0. The van der Waals surface area contributed by atoms with E-state index in [1.54, 1.807) is 0 Å². The van der Waals surface area contributed by atoms with Crippen LogP contribution in [0.5, 0.6) is 0 Å². The zero-order valence-electron chi connectivity index (χ0n) is 34.7. The maximum atomic E-state index is 5.26. The number of fused-ring (bicyclic) bond motifs is 4. The summed E-state index contributed by atoms with van der Waals surface area (Å²) in [6.45, 7) is 0. The molecule has 12 rings (SSSR count). The Morgan fingerprint density at radius 1 is 0.203 bits per heavy atom. The number of hydrogen-bond acceptors (Lipinski definition) is 4. The predicted molar refractivity (Wildman–Crippen MR) is 266 cm³/mol. The molecule has 12 aromatic rings. The molecule has 4 heteroatoms. The van der Waals surface area contributed by atoms with Gasteiger partial charge >= 0.3 is 0 Å². The van der Waals surface area contributed by atoms with Gasteiger partial charge in [-0.2, -0.15) is 0 Å². The van der Waals surface area contributed by atoms with Crippen LogP contribution < -0.4 is 0 Å². The zero-order valence-corrected chi connectivity index (χ0v) is 34.7. The van der Waals surface area contributed by atoms with E-state index in [0.717, 1.165) is 66.6 Å². The van der Waals surface area contributed by atoms with Gasteiger partial charge in [0.2, 0.25) is 0 Å². The van der Waals surface area contributed by atoms with Crippen LogP contribution in [0, 0.1) is 0 Å². The van der Waals surface area contributed by atoms with Crippen LogP contribution in [0.25, 0.3) is 122 Å². The highest BCUT2D eigenvalue weighted by molar-refractivity contribution is 5.96. The molecule has 0 amide bonds. The van der Waals surface area contributed by atoms with E-state index in [9.17, 15) is 0 Å². The second kappa shape index (κ2) is 15.7. The molecular weight excluding hydrogens is 777 g/mol. The Kier molecular flexibility index (Phi) is 9.12. The lowest BCUT2D eigenvalue weighted by Gasteiger charge is -2.12. The molecule has 0 unspecified atom stereocenters. The van der Waals surface area contributed by atoms with Crippen molar-refractivity contribution in [1.82, 2.24) is 19.9 Å². The Balaban J connectivity index is 0.874. The summed E-state index contributed by atoms with van der Waals surface area (Å²) in [5, 5.41) is 6.98. The molecule has 0 aliphatic heterocycles. The lowest BCUT2D eigenvalue weighted by molar-refractivity contribution is 1.23. The quantitative estimate of drug-likeness (QED) is 0.161. The Hall–Kier alpha value is -8.60. The molecule has 0 atom stereocenters. The van der Waals surface area contributed by atoms with Crippen molar-refractivity contribution in [3.8, 4) is 78.7 Å². The molecule has 0 aliphatic carbocycles. The summed E-state index contributed by atoms with van der Waals surface area (Å²) in [6.07, 6.45) is 0. The second-order valence-corrected chi connectivity index (χ2v) is 16.3. The van der Waals surface area contributed by atoms with E-state index in [2.05, 4.69) is 218 Å². The van der Waals surface area contributed by atoms with Crippen LogP contribution in [0.4, 0.5) is 0 Å². The van der Waals surface area contributed by atoms with Gasteiger partial charge in [-0.25, -0.2) is 19.9 Å². The fourth-order valence-electron chi connectivity index (χ4n) is 8.91. The number of hydrogen-bond donors (Lipinski definition) is 0. The largest absolute Gasteiger partial charge is 0.228 e. The Morgan fingerprint density at radius 3 is 1.00 bits per heavy atom. The fraction of sp³-hybridized carbons (Fsp3) is 0. The molecule has 0 saturated heterocycles. The number of benzene rings is 10. The van der Waals surface area contributed by atoms with Crippen LogP contribution in [0.1, 0.15) is 0 Å². The third-order valence-electron chi connectivity index (χ3n) is 12.3. The molecule has 0 spiro atoms. The van der Waals surface area contributed by atoms with Gasteiger partial charge in [-0.3, -0.25) is 0 Å². The van der Waals surface area contributed by atoms with Gasteiger partial charge in [0, 0.05) is 33.0 Å². The standard InChI is InChI=1S/C60H38N4/c1-3-13-45-35-49(33-27-39(45)11-1)41-23-29-43(30-24-41)57-53-19-5-7-21-55(53)61-59(63-57)51-17-9-15-47(37-51)48-16-10-18-52(38-48)60-62-56-22-8-6-20-54(56)58(64-60)44-31-25-42(26-32-44)50-34-28-40-12-2-4-14-46(40)36-50/h1-38H. The molecule has 64 heavy (non-hydrogen) atoms. The molecule has 2 heterocycles. The summed E-state index contributed by atoms with van der Waals surface area (Å²) in [7, 11) is 0. The number of aromatic nitrogens is 4.